The van der Waals surface area contributed by atoms with Crippen LogP contribution in [0.5, 0.6) is 0 Å². The first-order chi connectivity index (χ1) is 6.41. The lowest BCUT2D eigenvalue weighted by molar-refractivity contribution is -0.0651. The predicted molar refractivity (Wildman–Crippen MR) is 67.6 cm³/mol. The molecular weight excluding hydrogens is 325 g/mol. The van der Waals surface area contributed by atoms with Crippen LogP contribution in [-0.2, 0) is 4.74 Å². The maximum atomic E-state index is 5.81. The van der Waals surface area contributed by atoms with Crippen molar-refractivity contribution in [1.82, 2.24) is 0 Å². The van der Waals surface area contributed by atoms with Gasteiger partial charge in [0, 0.05) is 0 Å². The maximum Gasteiger partial charge on any atom is 0.226 e. The van der Waals surface area contributed by atoms with Crippen molar-refractivity contribution in [1.29, 1.82) is 0 Å². The van der Waals surface area contributed by atoms with Crippen molar-refractivity contribution in [2.75, 3.05) is 0 Å². The Morgan fingerprint density at radius 3 is 1.40 bits per heavy atom. The topological polar surface area (TPSA) is 9.23 Å². The fourth-order valence-corrected chi connectivity index (χ4v) is 3.16. The summed E-state index contributed by atoms with van der Waals surface area (Å²) in [5, 5.41) is 0. The third-order valence-electron chi connectivity index (χ3n) is 1.99. The second kappa shape index (κ2) is 3.98. The van der Waals surface area contributed by atoms with Crippen LogP contribution in [0.1, 0.15) is 13.8 Å². The molecule has 7 heteroatoms. The lowest BCUT2D eigenvalue weighted by Crippen LogP contribution is -2.54. The molecule has 0 fully saturated rings. The number of rotatable bonds is 0. The van der Waals surface area contributed by atoms with Gasteiger partial charge in [-0.15, -0.1) is 0 Å². The van der Waals surface area contributed by atoms with E-state index in [1.165, 1.54) is 6.08 Å². The van der Waals surface area contributed by atoms with Crippen molar-refractivity contribution in [2.24, 2.45) is 0 Å². The zero-order valence-corrected chi connectivity index (χ0v) is 12.4. The largest absolute Gasteiger partial charge is 0.352 e. The minimum absolute atomic E-state index is 0.645. The summed E-state index contributed by atoms with van der Waals surface area (Å²) >= 11 is 34.9. The summed E-state index contributed by atoms with van der Waals surface area (Å²) in [7, 11) is 0. The lowest BCUT2D eigenvalue weighted by atomic mass is 10.1. The summed E-state index contributed by atoms with van der Waals surface area (Å²) in [4.78, 5) is 0. The van der Waals surface area contributed by atoms with E-state index < -0.39 is 18.8 Å². The summed E-state index contributed by atoms with van der Waals surface area (Å²) in [5.74, 6) is 0. The molecule has 0 atom stereocenters. The molecular formula is C8H8Cl6O. The molecule has 0 aromatic rings. The number of hydrogen-bond acceptors (Lipinski definition) is 1. The lowest BCUT2D eigenvalue weighted by Gasteiger charge is -2.41. The Labute approximate surface area is 119 Å². The molecule has 15 heavy (non-hydrogen) atoms. The third-order valence-corrected chi connectivity index (χ3v) is 3.67. The van der Waals surface area contributed by atoms with Crippen molar-refractivity contribution in [2.45, 2.75) is 32.6 Å². The highest BCUT2D eigenvalue weighted by molar-refractivity contribution is 6.74. The summed E-state index contributed by atoms with van der Waals surface area (Å²) in [6, 6.07) is 0. The summed E-state index contributed by atoms with van der Waals surface area (Å²) in [5.41, 5.74) is -2.23. The monoisotopic (exact) mass is 330 g/mol. The molecule has 0 N–H and O–H groups in total. The molecule has 0 saturated heterocycles. The van der Waals surface area contributed by atoms with E-state index in [0.717, 1.165) is 0 Å². The van der Waals surface area contributed by atoms with E-state index in [1.54, 1.807) is 19.9 Å². The Balaban J connectivity index is 3.21. The quantitative estimate of drug-likeness (QED) is 0.456. The average molecular weight is 333 g/mol. The molecule has 1 aliphatic rings. The minimum Gasteiger partial charge on any atom is -0.352 e. The third kappa shape index (κ3) is 2.65. The molecule has 88 valence electrons. The number of hydrogen-bond donors (Lipinski definition) is 0. The van der Waals surface area contributed by atoms with Gasteiger partial charge in [0.15, 0.2) is 5.60 Å². The molecule has 1 rings (SSSR count). The molecule has 1 aliphatic heterocycles. The molecule has 0 aromatic carbocycles. The molecule has 1 heterocycles. The van der Waals surface area contributed by atoms with Gasteiger partial charge < -0.3 is 4.74 Å². The second-order valence-corrected chi connectivity index (χ2v) is 8.33. The highest BCUT2D eigenvalue weighted by Gasteiger charge is 2.64. The second-order valence-electron chi connectivity index (χ2n) is 3.77. The van der Waals surface area contributed by atoms with Gasteiger partial charge in [0.05, 0.1) is 5.60 Å². The van der Waals surface area contributed by atoms with E-state index in [0.29, 0.717) is 0 Å². The predicted octanol–water partition coefficient (Wildman–Crippen LogP) is 4.83. The summed E-state index contributed by atoms with van der Waals surface area (Å²) in [6.45, 7) is 3.55. The van der Waals surface area contributed by atoms with E-state index in [9.17, 15) is 0 Å². The number of alkyl halides is 6. The van der Waals surface area contributed by atoms with Gasteiger partial charge in [-0.1, -0.05) is 75.7 Å². The fourth-order valence-electron chi connectivity index (χ4n) is 1.27. The highest BCUT2D eigenvalue weighted by Crippen LogP contribution is 2.58. The average Bonchev–Trinajstić information content (AvgIpc) is 2.23. The summed E-state index contributed by atoms with van der Waals surface area (Å²) in [6.07, 6.45) is 3.17. The Morgan fingerprint density at radius 1 is 0.867 bits per heavy atom. The molecule has 0 unspecified atom stereocenters. The molecule has 0 saturated carbocycles. The van der Waals surface area contributed by atoms with E-state index in [2.05, 4.69) is 0 Å². The van der Waals surface area contributed by atoms with Crippen molar-refractivity contribution in [3.05, 3.63) is 12.2 Å². The van der Waals surface area contributed by atoms with Crippen LogP contribution >= 0.6 is 69.6 Å². The first-order valence-corrected chi connectivity index (χ1v) is 6.22. The van der Waals surface area contributed by atoms with E-state index in [4.69, 9.17) is 74.3 Å². The summed E-state index contributed by atoms with van der Waals surface area (Å²) < 4.78 is 1.82. The molecule has 0 aliphatic carbocycles. The van der Waals surface area contributed by atoms with Crippen LogP contribution < -0.4 is 0 Å². The van der Waals surface area contributed by atoms with Gasteiger partial charge in [-0.05, 0) is 19.9 Å². The van der Waals surface area contributed by atoms with Crippen LogP contribution in [0.4, 0.5) is 0 Å². The smallest absolute Gasteiger partial charge is 0.226 e. The first kappa shape index (κ1) is 14.5. The van der Waals surface area contributed by atoms with Gasteiger partial charge in [0.25, 0.3) is 0 Å². The molecule has 1 nitrogen and oxygen atoms in total. The van der Waals surface area contributed by atoms with Crippen LogP contribution in [0.15, 0.2) is 12.2 Å². The van der Waals surface area contributed by atoms with Crippen LogP contribution in [0.25, 0.3) is 0 Å². The zero-order valence-electron chi connectivity index (χ0n) is 7.83. The Hall–Kier alpha value is 1.44. The van der Waals surface area contributed by atoms with Crippen LogP contribution in [-0.4, -0.2) is 18.8 Å². The van der Waals surface area contributed by atoms with Crippen molar-refractivity contribution in [3.8, 4) is 0 Å². The Kier molecular flexibility index (Phi) is 3.85. The zero-order chi connectivity index (χ0) is 12.1. The standard InChI is InChI=1S/C8H8Cl6O/c1-5(2)3-4-6(15-5,7(9,10)11)8(12,13)14/h3-4H,1-2H3. The van der Waals surface area contributed by atoms with Gasteiger partial charge in [0.2, 0.25) is 7.59 Å². The number of ether oxygens (including phenoxy) is 1. The Morgan fingerprint density at radius 2 is 1.27 bits per heavy atom. The van der Waals surface area contributed by atoms with Gasteiger partial charge in [0.1, 0.15) is 0 Å². The van der Waals surface area contributed by atoms with E-state index in [-0.39, 0.29) is 0 Å². The van der Waals surface area contributed by atoms with Crippen LogP contribution in [0.3, 0.4) is 0 Å². The SMILES string of the molecule is CC1(C)C=CC(C(Cl)(Cl)Cl)(C(Cl)(Cl)Cl)O1. The minimum atomic E-state index is -1.87. The van der Waals surface area contributed by atoms with Gasteiger partial charge in [-0.3, -0.25) is 0 Å². The van der Waals surface area contributed by atoms with Gasteiger partial charge >= 0.3 is 0 Å². The van der Waals surface area contributed by atoms with E-state index >= 15 is 0 Å². The molecule has 0 aromatic heterocycles. The fraction of sp³-hybridized carbons (Fsp3) is 0.750. The van der Waals surface area contributed by atoms with Crippen molar-refractivity contribution < 1.29 is 4.74 Å². The van der Waals surface area contributed by atoms with Crippen molar-refractivity contribution in [3.63, 3.8) is 0 Å². The number of halogens is 6. The van der Waals surface area contributed by atoms with Gasteiger partial charge in [-0.2, -0.15) is 0 Å². The van der Waals surface area contributed by atoms with Crippen molar-refractivity contribution >= 4 is 69.6 Å². The molecule has 0 radical (unpaired) electrons. The molecule has 0 bridgehead atoms. The normalized spacial score (nSPS) is 24.5. The van der Waals surface area contributed by atoms with E-state index in [1.807, 2.05) is 0 Å². The van der Waals surface area contributed by atoms with Gasteiger partial charge in [-0.25, -0.2) is 0 Å². The molecule has 0 amide bonds. The van der Waals surface area contributed by atoms with Crippen LogP contribution in [0, 0.1) is 0 Å². The van der Waals surface area contributed by atoms with Crippen LogP contribution in [0.2, 0.25) is 0 Å². The highest BCUT2D eigenvalue weighted by atomic mass is 35.6. The first-order valence-electron chi connectivity index (χ1n) is 3.95. The molecule has 0 spiro atoms. The Bertz CT molecular complexity index is 270. The maximum absolute atomic E-state index is 5.81.